The summed E-state index contributed by atoms with van der Waals surface area (Å²) in [6, 6.07) is 13.6. The van der Waals surface area contributed by atoms with Crippen molar-refractivity contribution in [2.75, 3.05) is 5.32 Å². The lowest BCUT2D eigenvalue weighted by Gasteiger charge is -2.14. The van der Waals surface area contributed by atoms with Crippen molar-refractivity contribution in [3.63, 3.8) is 0 Å². The Morgan fingerprint density at radius 1 is 1.19 bits per heavy atom. The molecule has 0 aliphatic carbocycles. The second-order valence-corrected chi connectivity index (χ2v) is 6.76. The van der Waals surface area contributed by atoms with E-state index in [2.05, 4.69) is 10.4 Å². The summed E-state index contributed by atoms with van der Waals surface area (Å²) in [6.45, 7) is 6.06. The molecule has 0 saturated carbocycles. The van der Waals surface area contributed by atoms with Gasteiger partial charge in [-0.25, -0.2) is 4.68 Å². The molecule has 3 rings (SSSR count). The number of nitro groups is 1. The summed E-state index contributed by atoms with van der Waals surface area (Å²) < 4.78 is 6.58. The summed E-state index contributed by atoms with van der Waals surface area (Å²) in [4.78, 5) is 22.4. The molecule has 2 aromatic heterocycles. The summed E-state index contributed by atoms with van der Waals surface area (Å²) in [5.74, 6) is -0.766. The first-order valence-corrected chi connectivity index (χ1v) is 7.97. The molecular formula is C18H18N4O4. The Balaban J connectivity index is 1.96. The van der Waals surface area contributed by atoms with Gasteiger partial charge in [0.25, 0.3) is 5.91 Å². The van der Waals surface area contributed by atoms with Crippen molar-refractivity contribution >= 4 is 17.6 Å². The molecule has 0 aliphatic heterocycles. The van der Waals surface area contributed by atoms with Gasteiger partial charge in [-0.1, -0.05) is 39.0 Å². The van der Waals surface area contributed by atoms with Crippen LogP contribution in [0.25, 0.3) is 5.69 Å². The Morgan fingerprint density at radius 2 is 1.88 bits per heavy atom. The van der Waals surface area contributed by atoms with E-state index in [9.17, 15) is 14.9 Å². The van der Waals surface area contributed by atoms with Crippen molar-refractivity contribution in [1.82, 2.24) is 9.78 Å². The normalized spacial score (nSPS) is 11.3. The van der Waals surface area contributed by atoms with Crippen molar-refractivity contribution in [2.24, 2.45) is 0 Å². The molecular weight excluding hydrogens is 336 g/mol. The average molecular weight is 354 g/mol. The van der Waals surface area contributed by atoms with Crippen LogP contribution < -0.4 is 5.32 Å². The molecule has 0 radical (unpaired) electrons. The first kappa shape index (κ1) is 17.4. The van der Waals surface area contributed by atoms with E-state index < -0.39 is 16.7 Å². The molecule has 8 nitrogen and oxygen atoms in total. The van der Waals surface area contributed by atoms with Gasteiger partial charge in [-0.2, -0.15) is 5.10 Å². The van der Waals surface area contributed by atoms with E-state index in [-0.39, 0.29) is 11.2 Å². The fourth-order valence-corrected chi connectivity index (χ4v) is 2.33. The number of para-hydroxylation sites is 1. The van der Waals surface area contributed by atoms with Crippen LogP contribution >= 0.6 is 0 Å². The smallest absolute Gasteiger partial charge is 0.395 e. The minimum atomic E-state index is -0.692. The van der Waals surface area contributed by atoms with Crippen molar-refractivity contribution in [3.8, 4) is 5.69 Å². The molecule has 8 heteroatoms. The molecule has 1 amide bonds. The van der Waals surface area contributed by atoms with Gasteiger partial charge in [-0.3, -0.25) is 14.9 Å². The van der Waals surface area contributed by atoms with Crippen LogP contribution in [0, 0.1) is 10.1 Å². The minimum absolute atomic E-state index is 0.144. The maximum absolute atomic E-state index is 12.4. The number of rotatable bonds is 4. The molecule has 2 heterocycles. The number of aromatic nitrogens is 2. The Kier molecular flexibility index (Phi) is 4.33. The summed E-state index contributed by atoms with van der Waals surface area (Å²) in [6.07, 6.45) is 0. The highest BCUT2D eigenvalue weighted by Crippen LogP contribution is 2.27. The Bertz CT molecular complexity index is 951. The Morgan fingerprint density at radius 3 is 2.46 bits per heavy atom. The Hall–Kier alpha value is -3.42. The van der Waals surface area contributed by atoms with Gasteiger partial charge in [0.05, 0.1) is 17.4 Å². The third-order valence-electron chi connectivity index (χ3n) is 3.72. The van der Waals surface area contributed by atoms with E-state index in [4.69, 9.17) is 4.42 Å². The van der Waals surface area contributed by atoms with E-state index in [0.29, 0.717) is 5.82 Å². The highest BCUT2D eigenvalue weighted by Gasteiger charge is 2.23. The highest BCUT2D eigenvalue weighted by molar-refractivity contribution is 6.02. The van der Waals surface area contributed by atoms with Gasteiger partial charge in [-0.05, 0) is 18.2 Å². The maximum Gasteiger partial charge on any atom is 0.433 e. The number of nitrogens with one attached hydrogen (secondary N) is 1. The highest BCUT2D eigenvalue weighted by atomic mass is 16.6. The lowest BCUT2D eigenvalue weighted by Crippen LogP contribution is -2.14. The number of furan rings is 1. The van der Waals surface area contributed by atoms with Crippen LogP contribution in [-0.2, 0) is 5.41 Å². The summed E-state index contributed by atoms with van der Waals surface area (Å²) in [5, 5.41) is 18.0. The molecule has 26 heavy (non-hydrogen) atoms. The number of hydrogen-bond acceptors (Lipinski definition) is 5. The van der Waals surface area contributed by atoms with Crippen LogP contribution in [0.4, 0.5) is 11.7 Å². The zero-order chi connectivity index (χ0) is 18.9. The molecule has 3 aromatic rings. The van der Waals surface area contributed by atoms with E-state index in [1.807, 2.05) is 51.1 Å². The third kappa shape index (κ3) is 3.49. The van der Waals surface area contributed by atoms with E-state index in [0.717, 1.165) is 17.4 Å². The van der Waals surface area contributed by atoms with Crippen LogP contribution in [0.1, 0.15) is 37.0 Å². The van der Waals surface area contributed by atoms with Gasteiger partial charge in [0.1, 0.15) is 10.7 Å². The molecule has 0 atom stereocenters. The zero-order valence-corrected chi connectivity index (χ0v) is 14.6. The van der Waals surface area contributed by atoms with Crippen molar-refractivity contribution in [3.05, 3.63) is 70.1 Å². The zero-order valence-electron chi connectivity index (χ0n) is 14.6. The van der Waals surface area contributed by atoms with Gasteiger partial charge >= 0.3 is 5.88 Å². The van der Waals surface area contributed by atoms with Crippen LogP contribution in [0.5, 0.6) is 0 Å². The lowest BCUT2D eigenvalue weighted by atomic mass is 9.92. The van der Waals surface area contributed by atoms with Crippen molar-refractivity contribution < 1.29 is 14.1 Å². The molecule has 0 aliphatic rings. The second kappa shape index (κ2) is 6.47. The van der Waals surface area contributed by atoms with Gasteiger partial charge in [0, 0.05) is 11.5 Å². The predicted molar refractivity (Wildman–Crippen MR) is 95.6 cm³/mol. The van der Waals surface area contributed by atoms with Gasteiger partial charge in [0.2, 0.25) is 0 Å². The second-order valence-electron chi connectivity index (χ2n) is 6.76. The number of amides is 1. The molecule has 134 valence electrons. The molecule has 1 aromatic carbocycles. The average Bonchev–Trinajstić information content (AvgIpc) is 3.22. The standard InChI is InChI=1S/C18H18N4O4/c1-18(2,3)14-11-15(21(20-14)12-7-5-4-6-8-12)19-17(23)13-9-10-16(26-13)22(24)25/h4-11H,1-3H3,(H,19,23). The number of hydrogen-bond donors (Lipinski definition) is 1. The summed E-state index contributed by atoms with van der Waals surface area (Å²) >= 11 is 0. The first-order valence-electron chi connectivity index (χ1n) is 7.97. The number of carbonyl (C=O) groups excluding carboxylic acids is 1. The summed E-state index contributed by atoms with van der Waals surface area (Å²) in [5.41, 5.74) is 1.36. The minimum Gasteiger partial charge on any atom is -0.395 e. The first-order chi connectivity index (χ1) is 12.3. The number of nitrogens with zero attached hydrogens (tertiary/aromatic N) is 3. The van der Waals surface area contributed by atoms with Crippen LogP contribution in [0.3, 0.4) is 0 Å². The van der Waals surface area contributed by atoms with E-state index in [1.54, 1.807) is 10.7 Å². The van der Waals surface area contributed by atoms with Crippen LogP contribution in [0.2, 0.25) is 0 Å². The van der Waals surface area contributed by atoms with Crippen molar-refractivity contribution in [2.45, 2.75) is 26.2 Å². The lowest BCUT2D eigenvalue weighted by molar-refractivity contribution is -0.402. The maximum atomic E-state index is 12.4. The third-order valence-corrected chi connectivity index (χ3v) is 3.72. The fourth-order valence-electron chi connectivity index (χ4n) is 2.33. The number of carbonyl (C=O) groups is 1. The monoisotopic (exact) mass is 354 g/mol. The Labute approximate surface area is 149 Å². The fraction of sp³-hybridized carbons (Fsp3) is 0.222. The largest absolute Gasteiger partial charge is 0.433 e. The van der Waals surface area contributed by atoms with Gasteiger partial charge < -0.3 is 9.73 Å². The van der Waals surface area contributed by atoms with E-state index in [1.165, 1.54) is 6.07 Å². The van der Waals surface area contributed by atoms with Crippen LogP contribution in [-0.4, -0.2) is 20.6 Å². The molecule has 0 fully saturated rings. The topological polar surface area (TPSA) is 103 Å². The predicted octanol–water partition coefficient (Wildman–Crippen LogP) is 3.92. The molecule has 0 saturated heterocycles. The SMILES string of the molecule is CC(C)(C)c1cc(NC(=O)c2ccc([N+](=O)[O-])o2)n(-c2ccccc2)n1. The molecule has 0 spiro atoms. The van der Waals surface area contributed by atoms with Gasteiger partial charge in [0.15, 0.2) is 5.76 Å². The van der Waals surface area contributed by atoms with Crippen molar-refractivity contribution in [1.29, 1.82) is 0 Å². The van der Waals surface area contributed by atoms with E-state index >= 15 is 0 Å². The molecule has 0 unspecified atom stereocenters. The molecule has 0 bridgehead atoms. The summed E-state index contributed by atoms with van der Waals surface area (Å²) in [7, 11) is 0. The van der Waals surface area contributed by atoms with Gasteiger partial charge in [-0.15, -0.1) is 0 Å². The quantitative estimate of drug-likeness (QED) is 0.565. The van der Waals surface area contributed by atoms with Crippen LogP contribution in [0.15, 0.2) is 52.9 Å². The molecule has 1 N–H and O–H groups in total. The number of anilines is 1. The number of benzene rings is 1.